The van der Waals surface area contributed by atoms with E-state index in [-0.39, 0.29) is 12.5 Å². The van der Waals surface area contributed by atoms with Crippen LogP contribution in [0.3, 0.4) is 0 Å². The van der Waals surface area contributed by atoms with Gasteiger partial charge in [-0.2, -0.15) is 0 Å². The zero-order valence-electron chi connectivity index (χ0n) is 26.6. The fourth-order valence-corrected chi connectivity index (χ4v) is 6.63. The van der Waals surface area contributed by atoms with Crippen LogP contribution in [0.25, 0.3) is 11.1 Å². The van der Waals surface area contributed by atoms with Crippen molar-refractivity contribution in [2.24, 2.45) is 4.99 Å². The van der Waals surface area contributed by atoms with Crippen molar-refractivity contribution in [3.05, 3.63) is 158 Å². The van der Waals surface area contributed by atoms with Crippen LogP contribution < -0.4 is 10.1 Å². The molecule has 49 heavy (non-hydrogen) atoms. The molecule has 2 N–H and O–H groups in total. The summed E-state index contributed by atoms with van der Waals surface area (Å²) in [6, 6.07) is 39.0. The van der Waals surface area contributed by atoms with Gasteiger partial charge in [-0.3, -0.25) is 4.79 Å². The third kappa shape index (κ3) is 8.36. The highest BCUT2D eigenvalue weighted by molar-refractivity contribution is 9.10. The number of amides is 1. The Morgan fingerprint density at radius 3 is 2.27 bits per heavy atom. The van der Waals surface area contributed by atoms with Gasteiger partial charge in [-0.25, -0.2) is 4.99 Å². The molecular weight excluding hydrogens is 723 g/mol. The average molecular weight is 759 g/mol. The van der Waals surface area contributed by atoms with Crippen LogP contribution in [0.1, 0.15) is 34.8 Å². The van der Waals surface area contributed by atoms with E-state index in [4.69, 9.17) is 42.8 Å². The van der Waals surface area contributed by atoms with E-state index in [1.165, 1.54) is 0 Å². The minimum absolute atomic E-state index is 0.0612. The maximum atomic E-state index is 14.6. The summed E-state index contributed by atoms with van der Waals surface area (Å²) in [5.41, 5.74) is 4.19. The number of hydrogen-bond donors (Lipinski definition) is 2. The number of halogens is 3. The molecule has 1 amide bonds. The van der Waals surface area contributed by atoms with Crippen LogP contribution in [0.2, 0.25) is 10.0 Å². The van der Waals surface area contributed by atoms with E-state index < -0.39 is 11.6 Å². The van der Waals surface area contributed by atoms with Crippen LogP contribution in [0.5, 0.6) is 5.75 Å². The minimum atomic E-state index is -1.34. The molecular formula is C40H35BrCl2N2O4. The third-order valence-corrected chi connectivity index (χ3v) is 9.55. The maximum absolute atomic E-state index is 14.6. The first-order valence-electron chi connectivity index (χ1n) is 16.1. The molecule has 0 saturated heterocycles. The summed E-state index contributed by atoms with van der Waals surface area (Å²) >= 11 is 16.1. The van der Waals surface area contributed by atoms with Gasteiger partial charge in [0.05, 0.1) is 6.61 Å². The SMILES string of the molecule is O=C(NCCc1ccc(Cl)cc1Cl)[C@]1(Cc2ccc(Br)cc2)N=C(c2ccc(OCCCO)cc2)O[C@@H]1c1ccc(-c2ccccc2)cc1. The van der Waals surface area contributed by atoms with Gasteiger partial charge in [0.2, 0.25) is 5.90 Å². The van der Waals surface area contributed by atoms with Crippen molar-refractivity contribution in [3.8, 4) is 16.9 Å². The van der Waals surface area contributed by atoms with Crippen molar-refractivity contribution in [1.82, 2.24) is 5.32 Å². The molecule has 1 heterocycles. The Kier molecular flexibility index (Phi) is 11.4. The van der Waals surface area contributed by atoms with Gasteiger partial charge in [-0.05, 0) is 82.8 Å². The molecule has 0 bridgehead atoms. The second-order valence-electron chi connectivity index (χ2n) is 11.8. The molecule has 6 nitrogen and oxygen atoms in total. The fourth-order valence-electron chi connectivity index (χ4n) is 5.86. The first-order chi connectivity index (χ1) is 23.8. The Hall–Kier alpha value is -4.14. The van der Waals surface area contributed by atoms with Gasteiger partial charge in [0.25, 0.3) is 5.91 Å². The topological polar surface area (TPSA) is 80.2 Å². The number of rotatable bonds is 13. The summed E-state index contributed by atoms with van der Waals surface area (Å²) in [4.78, 5) is 19.8. The number of ether oxygens (including phenoxy) is 2. The van der Waals surface area contributed by atoms with E-state index in [1.807, 2.05) is 84.9 Å². The molecule has 0 aromatic heterocycles. The number of carbonyl (C=O) groups excluding carboxylic acids is 1. The zero-order chi connectivity index (χ0) is 34.2. The quantitative estimate of drug-likeness (QED) is 0.118. The van der Waals surface area contributed by atoms with Crippen LogP contribution in [-0.2, 0) is 22.4 Å². The molecule has 5 aromatic rings. The minimum Gasteiger partial charge on any atom is -0.494 e. The number of hydrogen-bond acceptors (Lipinski definition) is 5. The number of nitrogens with zero attached hydrogens (tertiary/aromatic N) is 1. The van der Waals surface area contributed by atoms with Crippen molar-refractivity contribution in [2.45, 2.75) is 30.9 Å². The van der Waals surface area contributed by atoms with E-state index in [2.05, 4.69) is 45.5 Å². The lowest BCUT2D eigenvalue weighted by Gasteiger charge is -2.31. The third-order valence-electron chi connectivity index (χ3n) is 8.43. The fraction of sp³-hybridized carbons (Fsp3) is 0.200. The summed E-state index contributed by atoms with van der Waals surface area (Å²) in [5.74, 6) is 0.784. The number of benzene rings is 5. The largest absolute Gasteiger partial charge is 0.494 e. The van der Waals surface area contributed by atoms with E-state index in [0.29, 0.717) is 54.1 Å². The van der Waals surface area contributed by atoms with Gasteiger partial charge >= 0.3 is 0 Å². The molecule has 0 fully saturated rings. The van der Waals surface area contributed by atoms with Gasteiger partial charge < -0.3 is 19.9 Å². The Morgan fingerprint density at radius 1 is 0.878 bits per heavy atom. The summed E-state index contributed by atoms with van der Waals surface area (Å²) in [6.07, 6.45) is 0.628. The van der Waals surface area contributed by atoms with Crippen LogP contribution in [0, 0.1) is 0 Å². The molecule has 2 atom stereocenters. The first kappa shape index (κ1) is 34.7. The zero-order valence-corrected chi connectivity index (χ0v) is 29.7. The molecule has 0 unspecified atom stereocenters. The van der Waals surface area contributed by atoms with Crippen LogP contribution in [0.4, 0.5) is 0 Å². The molecule has 1 aliphatic rings. The number of nitrogens with one attached hydrogen (secondary N) is 1. The summed E-state index contributed by atoms with van der Waals surface area (Å²) in [5, 5.41) is 13.4. The highest BCUT2D eigenvalue weighted by Gasteiger charge is 2.53. The van der Waals surface area contributed by atoms with Gasteiger partial charge in [-0.1, -0.05) is 112 Å². The summed E-state index contributed by atoms with van der Waals surface area (Å²) in [6.45, 7) is 0.810. The van der Waals surface area contributed by atoms with E-state index >= 15 is 0 Å². The molecule has 6 rings (SSSR count). The van der Waals surface area contributed by atoms with Crippen LogP contribution in [0.15, 0.2) is 131 Å². The summed E-state index contributed by atoms with van der Waals surface area (Å²) < 4.78 is 13.4. The molecule has 250 valence electrons. The Labute approximate surface area is 304 Å². The lowest BCUT2D eigenvalue weighted by atomic mass is 9.81. The molecule has 1 aliphatic heterocycles. The highest BCUT2D eigenvalue weighted by atomic mass is 79.9. The van der Waals surface area contributed by atoms with Crippen LogP contribution in [-0.4, -0.2) is 42.2 Å². The monoisotopic (exact) mass is 756 g/mol. The van der Waals surface area contributed by atoms with E-state index in [0.717, 1.165) is 37.9 Å². The second-order valence-corrected chi connectivity index (χ2v) is 13.6. The van der Waals surface area contributed by atoms with E-state index in [1.54, 1.807) is 12.1 Å². The molecule has 0 aliphatic carbocycles. The van der Waals surface area contributed by atoms with Gasteiger partial charge in [0.15, 0.2) is 11.6 Å². The lowest BCUT2D eigenvalue weighted by Crippen LogP contribution is -2.50. The lowest BCUT2D eigenvalue weighted by molar-refractivity contribution is -0.128. The van der Waals surface area contributed by atoms with Gasteiger partial charge in [-0.15, -0.1) is 0 Å². The van der Waals surface area contributed by atoms with Crippen molar-refractivity contribution in [3.63, 3.8) is 0 Å². The maximum Gasteiger partial charge on any atom is 0.252 e. The predicted octanol–water partition coefficient (Wildman–Crippen LogP) is 9.04. The molecule has 0 saturated carbocycles. The van der Waals surface area contributed by atoms with Gasteiger partial charge in [0, 0.05) is 46.1 Å². The molecule has 9 heteroatoms. The Balaban J connectivity index is 1.37. The van der Waals surface area contributed by atoms with Crippen molar-refractivity contribution in [1.29, 1.82) is 0 Å². The number of carbonyl (C=O) groups is 1. The smallest absolute Gasteiger partial charge is 0.252 e. The Morgan fingerprint density at radius 2 is 1.57 bits per heavy atom. The number of aliphatic hydroxyl groups excluding tert-OH is 1. The standard InChI is InChI=1S/C40H35BrCl2N2O4/c41-33-16-7-27(8-17-33)26-40(39(47)44-22-21-30-13-18-34(42)25-36(30)43)37(31-11-9-29(10-12-31)28-5-2-1-3-6-28)49-38(45-40)32-14-19-35(20-15-32)48-24-4-23-46/h1-3,5-20,25,37,46H,4,21-24,26H2,(H,44,47)/t37-,40-/m1/s1. The normalized spacial score (nSPS) is 16.9. The van der Waals surface area contributed by atoms with Crippen LogP contribution >= 0.6 is 39.1 Å². The number of aliphatic hydroxyl groups is 1. The Bertz CT molecular complexity index is 1900. The highest BCUT2D eigenvalue weighted by Crippen LogP contribution is 2.43. The van der Waals surface area contributed by atoms with Crippen molar-refractivity contribution < 1.29 is 19.4 Å². The average Bonchev–Trinajstić information content (AvgIpc) is 3.51. The second kappa shape index (κ2) is 16.0. The molecule has 0 spiro atoms. The van der Waals surface area contributed by atoms with Crippen molar-refractivity contribution in [2.75, 3.05) is 19.8 Å². The van der Waals surface area contributed by atoms with Gasteiger partial charge in [0.1, 0.15) is 5.75 Å². The summed E-state index contributed by atoms with van der Waals surface area (Å²) in [7, 11) is 0. The molecule has 5 aromatic carbocycles. The predicted molar refractivity (Wildman–Crippen MR) is 200 cm³/mol. The first-order valence-corrected chi connectivity index (χ1v) is 17.6. The number of aliphatic imine (C=N–C) groups is 1. The van der Waals surface area contributed by atoms with E-state index in [9.17, 15) is 4.79 Å². The van der Waals surface area contributed by atoms with Crippen molar-refractivity contribution >= 4 is 50.9 Å². The molecule has 0 radical (unpaired) electrons.